The van der Waals surface area contributed by atoms with Crippen LogP contribution in [0.3, 0.4) is 0 Å². The van der Waals surface area contributed by atoms with Gasteiger partial charge in [0.25, 0.3) is 0 Å². The second-order valence-corrected chi connectivity index (χ2v) is 6.93. The lowest BCUT2D eigenvalue weighted by molar-refractivity contribution is 0.280. The lowest BCUT2D eigenvalue weighted by Gasteiger charge is -2.10. The molecule has 0 saturated carbocycles. The van der Waals surface area contributed by atoms with Crippen molar-refractivity contribution in [3.05, 3.63) is 0 Å². The summed E-state index contributed by atoms with van der Waals surface area (Å²) in [7, 11) is -4.67. The highest BCUT2D eigenvalue weighted by Gasteiger charge is 2.01. The van der Waals surface area contributed by atoms with E-state index in [-0.39, 0.29) is 0 Å². The van der Waals surface area contributed by atoms with E-state index in [1.54, 1.807) is 0 Å². The van der Waals surface area contributed by atoms with Gasteiger partial charge in [-0.25, -0.2) is 0 Å². The van der Waals surface area contributed by atoms with Gasteiger partial charge in [-0.05, 0) is 12.3 Å². The van der Waals surface area contributed by atoms with E-state index in [4.69, 9.17) is 22.6 Å². The summed E-state index contributed by atoms with van der Waals surface area (Å²) in [6.07, 6.45) is 16.2. The summed E-state index contributed by atoms with van der Waals surface area (Å²) in [4.78, 5) is 0. The molecular weight excluding hydrogens is 304 g/mol. The van der Waals surface area contributed by atoms with E-state index in [0.717, 1.165) is 12.3 Å². The summed E-state index contributed by atoms with van der Waals surface area (Å²) in [5.41, 5.74) is 0. The summed E-state index contributed by atoms with van der Waals surface area (Å²) in [6.45, 7) is 5.03. The maximum atomic E-state index is 8.74. The predicted molar refractivity (Wildman–Crippen MR) is 91.5 cm³/mol. The highest BCUT2D eigenvalue weighted by molar-refractivity contribution is 7.79. The third-order valence-electron chi connectivity index (χ3n) is 3.66. The van der Waals surface area contributed by atoms with E-state index in [9.17, 15) is 0 Å². The Morgan fingerprint density at radius 1 is 0.773 bits per heavy atom. The predicted octanol–water partition coefficient (Wildman–Crippen LogP) is 4.66. The van der Waals surface area contributed by atoms with Gasteiger partial charge < -0.3 is 5.11 Å². The van der Waals surface area contributed by atoms with Crippen LogP contribution < -0.4 is 0 Å². The minimum atomic E-state index is -4.67. The second-order valence-electron chi connectivity index (χ2n) is 6.04. The Morgan fingerprint density at radius 3 is 1.55 bits per heavy atom. The number of hydrogen-bond acceptors (Lipinski definition) is 3. The zero-order chi connectivity index (χ0) is 17.3. The van der Waals surface area contributed by atoms with Gasteiger partial charge in [0.05, 0.1) is 0 Å². The molecule has 0 amide bonds. The molecule has 5 nitrogen and oxygen atoms in total. The van der Waals surface area contributed by atoms with Crippen LogP contribution in [0.25, 0.3) is 0 Å². The molecule has 22 heavy (non-hydrogen) atoms. The van der Waals surface area contributed by atoms with E-state index in [0.29, 0.717) is 6.61 Å². The molecular formula is C16H36O5S. The molecule has 0 aromatic rings. The normalized spacial score (nSPS) is 12.6. The molecule has 0 heterocycles. The van der Waals surface area contributed by atoms with E-state index in [2.05, 4.69) is 13.8 Å². The Balaban J connectivity index is 0. The Hall–Kier alpha value is -0.170. The zero-order valence-corrected chi connectivity index (χ0v) is 15.2. The van der Waals surface area contributed by atoms with Gasteiger partial charge >= 0.3 is 10.4 Å². The third kappa shape index (κ3) is 32.0. The number of unbranched alkanes of at least 4 members (excludes halogenated alkanes) is 8. The molecule has 0 saturated heterocycles. The lowest BCUT2D eigenvalue weighted by Crippen LogP contribution is -1.95. The Labute approximate surface area is 137 Å². The van der Waals surface area contributed by atoms with Gasteiger partial charge in [-0.3, -0.25) is 9.11 Å². The molecule has 1 unspecified atom stereocenters. The van der Waals surface area contributed by atoms with Crippen molar-refractivity contribution in [3.63, 3.8) is 0 Å². The molecule has 6 heteroatoms. The molecule has 0 rings (SSSR count). The van der Waals surface area contributed by atoms with Crippen molar-refractivity contribution in [2.24, 2.45) is 5.92 Å². The molecule has 136 valence electrons. The minimum absolute atomic E-state index is 0.367. The number of aliphatic hydroxyl groups is 1. The number of aliphatic hydroxyl groups excluding tert-OH is 1. The first-order valence-corrected chi connectivity index (χ1v) is 10.0. The standard InChI is InChI=1S/C16H34O.H2O4S/c1-3-4-5-6-7-8-10-13-16(2)14-11-9-12-15-17;1-5(2,3)4/h16-17H,3-15H2,1-2H3;(H2,1,2,3,4). The maximum Gasteiger partial charge on any atom is 0.394 e. The largest absolute Gasteiger partial charge is 0.396 e. The van der Waals surface area contributed by atoms with E-state index < -0.39 is 10.4 Å². The van der Waals surface area contributed by atoms with Crippen LogP contribution in [0.5, 0.6) is 0 Å². The third-order valence-corrected chi connectivity index (χ3v) is 3.66. The van der Waals surface area contributed by atoms with Gasteiger partial charge in [-0.15, -0.1) is 0 Å². The van der Waals surface area contributed by atoms with E-state index in [1.807, 2.05) is 0 Å². The smallest absolute Gasteiger partial charge is 0.394 e. The second kappa shape index (κ2) is 17.2. The monoisotopic (exact) mass is 340 g/mol. The van der Waals surface area contributed by atoms with Crippen molar-refractivity contribution < 1.29 is 22.6 Å². The van der Waals surface area contributed by atoms with Gasteiger partial charge in [-0.2, -0.15) is 8.42 Å². The van der Waals surface area contributed by atoms with Crippen molar-refractivity contribution in [2.75, 3.05) is 6.61 Å². The Bertz CT molecular complexity index is 296. The zero-order valence-electron chi connectivity index (χ0n) is 14.3. The summed E-state index contributed by atoms with van der Waals surface area (Å²) >= 11 is 0. The molecule has 0 aliphatic carbocycles. The summed E-state index contributed by atoms with van der Waals surface area (Å²) < 4.78 is 31.6. The van der Waals surface area contributed by atoms with Crippen LogP contribution in [0.2, 0.25) is 0 Å². The topological polar surface area (TPSA) is 94.8 Å². The van der Waals surface area contributed by atoms with Crippen molar-refractivity contribution in [3.8, 4) is 0 Å². The number of rotatable bonds is 13. The molecule has 1 atom stereocenters. The van der Waals surface area contributed by atoms with Gasteiger partial charge in [0, 0.05) is 6.61 Å². The van der Waals surface area contributed by atoms with Crippen molar-refractivity contribution >= 4 is 10.4 Å². The van der Waals surface area contributed by atoms with Crippen molar-refractivity contribution in [2.45, 2.75) is 90.9 Å². The van der Waals surface area contributed by atoms with Crippen LogP contribution in [0.15, 0.2) is 0 Å². The molecule has 3 N–H and O–H groups in total. The fraction of sp³-hybridized carbons (Fsp3) is 1.00. The summed E-state index contributed by atoms with van der Waals surface area (Å²) in [5, 5.41) is 8.69. The molecule has 0 radical (unpaired) electrons. The highest BCUT2D eigenvalue weighted by Crippen LogP contribution is 2.17. The summed E-state index contributed by atoms with van der Waals surface area (Å²) in [6, 6.07) is 0. The summed E-state index contributed by atoms with van der Waals surface area (Å²) in [5.74, 6) is 0.893. The SMILES string of the molecule is CCCCCCCCCC(C)CCCCCO.O=S(=O)(O)O. The fourth-order valence-electron chi connectivity index (χ4n) is 2.38. The van der Waals surface area contributed by atoms with Gasteiger partial charge in [-0.1, -0.05) is 84.5 Å². The van der Waals surface area contributed by atoms with Gasteiger partial charge in [0.2, 0.25) is 0 Å². The molecule has 0 aromatic heterocycles. The lowest BCUT2D eigenvalue weighted by atomic mass is 9.96. The molecule has 0 bridgehead atoms. The van der Waals surface area contributed by atoms with Crippen LogP contribution in [-0.4, -0.2) is 29.2 Å². The maximum absolute atomic E-state index is 8.74. The first-order valence-electron chi connectivity index (χ1n) is 8.62. The van der Waals surface area contributed by atoms with Gasteiger partial charge in [0.15, 0.2) is 0 Å². The molecule has 0 fully saturated rings. The van der Waals surface area contributed by atoms with Gasteiger partial charge in [0.1, 0.15) is 0 Å². The Morgan fingerprint density at radius 2 is 1.14 bits per heavy atom. The first-order chi connectivity index (χ1) is 10.3. The fourth-order valence-corrected chi connectivity index (χ4v) is 2.38. The number of hydrogen-bond donors (Lipinski definition) is 3. The van der Waals surface area contributed by atoms with Crippen LogP contribution in [0.4, 0.5) is 0 Å². The molecule has 0 aliphatic rings. The quantitative estimate of drug-likeness (QED) is 0.335. The van der Waals surface area contributed by atoms with E-state index >= 15 is 0 Å². The molecule has 0 spiro atoms. The van der Waals surface area contributed by atoms with Crippen molar-refractivity contribution in [1.82, 2.24) is 0 Å². The first kappa shape index (κ1) is 24.1. The molecule has 0 aromatic carbocycles. The van der Waals surface area contributed by atoms with Crippen molar-refractivity contribution in [1.29, 1.82) is 0 Å². The van der Waals surface area contributed by atoms with Crippen LogP contribution in [-0.2, 0) is 10.4 Å². The molecule has 0 aliphatic heterocycles. The Kier molecular flexibility index (Phi) is 18.8. The average Bonchev–Trinajstić information content (AvgIpc) is 2.41. The highest BCUT2D eigenvalue weighted by atomic mass is 32.3. The average molecular weight is 341 g/mol. The van der Waals surface area contributed by atoms with Crippen LogP contribution >= 0.6 is 0 Å². The van der Waals surface area contributed by atoms with Crippen LogP contribution in [0.1, 0.15) is 90.9 Å². The minimum Gasteiger partial charge on any atom is -0.396 e. The van der Waals surface area contributed by atoms with Crippen LogP contribution in [0, 0.1) is 5.92 Å². The van der Waals surface area contributed by atoms with E-state index in [1.165, 1.54) is 70.6 Å².